The number of carbonyl (C=O) groups is 2. The molecule has 1 amide bonds. The molecule has 1 N–H and O–H groups in total. The zero-order valence-electron chi connectivity index (χ0n) is 14.2. The van der Waals surface area contributed by atoms with Gasteiger partial charge in [-0.3, -0.25) is 9.59 Å². The predicted octanol–water partition coefficient (Wildman–Crippen LogP) is 3.24. The van der Waals surface area contributed by atoms with E-state index in [-0.39, 0.29) is 36.0 Å². The first-order valence-corrected chi connectivity index (χ1v) is 8.66. The van der Waals surface area contributed by atoms with E-state index in [9.17, 15) is 19.2 Å². The fraction of sp³-hybridized carbons (Fsp3) is 0.526. The van der Waals surface area contributed by atoms with Crippen LogP contribution in [0.1, 0.15) is 67.3 Å². The molecule has 0 radical (unpaired) electrons. The SMILES string of the molecule is CC1CC(=O)c2c(OCC(=O)NC3(C#N)CCCCC3)ccc(F)c21. The van der Waals surface area contributed by atoms with Crippen LogP contribution >= 0.6 is 0 Å². The van der Waals surface area contributed by atoms with Crippen molar-refractivity contribution in [1.29, 1.82) is 5.26 Å². The van der Waals surface area contributed by atoms with Gasteiger partial charge >= 0.3 is 0 Å². The van der Waals surface area contributed by atoms with Gasteiger partial charge in [-0.1, -0.05) is 26.2 Å². The highest BCUT2D eigenvalue weighted by Gasteiger charge is 2.35. The van der Waals surface area contributed by atoms with Gasteiger partial charge in [0.1, 0.15) is 17.1 Å². The summed E-state index contributed by atoms with van der Waals surface area (Å²) in [4.78, 5) is 24.3. The number of fused-ring (bicyclic) bond motifs is 1. The Morgan fingerprint density at radius 2 is 2.12 bits per heavy atom. The van der Waals surface area contributed by atoms with Crippen LogP contribution in [0.2, 0.25) is 0 Å². The lowest BCUT2D eigenvalue weighted by Gasteiger charge is -2.31. The molecule has 1 fully saturated rings. The normalized spacial score (nSPS) is 21.3. The van der Waals surface area contributed by atoms with Crippen LogP contribution in [-0.2, 0) is 4.79 Å². The van der Waals surface area contributed by atoms with Gasteiger partial charge in [-0.25, -0.2) is 4.39 Å². The Bertz CT molecular complexity index is 748. The standard InChI is InChI=1S/C19H21FN2O3/c1-12-9-14(23)18-15(6-5-13(20)17(12)18)25-10-16(24)22-19(11-21)7-3-2-4-8-19/h5-6,12H,2-4,7-10H2,1H3,(H,22,24). The zero-order chi connectivity index (χ0) is 18.0. The maximum absolute atomic E-state index is 14.0. The summed E-state index contributed by atoms with van der Waals surface area (Å²) < 4.78 is 19.5. The summed E-state index contributed by atoms with van der Waals surface area (Å²) in [7, 11) is 0. The van der Waals surface area contributed by atoms with Crippen LogP contribution in [0.5, 0.6) is 5.75 Å². The number of Topliss-reactive ketones (excluding diaryl/α,β-unsaturated/α-hetero) is 1. The number of amides is 1. The fourth-order valence-corrected chi connectivity index (χ4v) is 3.81. The van der Waals surface area contributed by atoms with Crippen molar-refractivity contribution < 1.29 is 18.7 Å². The quantitative estimate of drug-likeness (QED) is 0.909. The third-order valence-corrected chi connectivity index (χ3v) is 5.08. The van der Waals surface area contributed by atoms with Gasteiger partial charge in [0.25, 0.3) is 5.91 Å². The Morgan fingerprint density at radius 1 is 1.40 bits per heavy atom. The highest BCUT2D eigenvalue weighted by molar-refractivity contribution is 6.03. The van der Waals surface area contributed by atoms with Crippen LogP contribution in [-0.4, -0.2) is 23.8 Å². The fourth-order valence-electron chi connectivity index (χ4n) is 3.81. The Morgan fingerprint density at radius 3 is 2.80 bits per heavy atom. The van der Waals surface area contributed by atoms with E-state index >= 15 is 0 Å². The van der Waals surface area contributed by atoms with Gasteiger partial charge in [0.2, 0.25) is 0 Å². The minimum Gasteiger partial charge on any atom is -0.483 e. The van der Waals surface area contributed by atoms with Crippen molar-refractivity contribution in [3.05, 3.63) is 29.1 Å². The van der Waals surface area contributed by atoms with Crippen LogP contribution in [0.25, 0.3) is 0 Å². The lowest BCUT2D eigenvalue weighted by Crippen LogP contribution is -2.50. The van der Waals surface area contributed by atoms with E-state index in [1.807, 2.05) is 0 Å². The lowest BCUT2D eigenvalue weighted by molar-refractivity contribution is -0.124. The van der Waals surface area contributed by atoms with Crippen LogP contribution in [0.15, 0.2) is 12.1 Å². The van der Waals surface area contributed by atoms with E-state index in [2.05, 4.69) is 11.4 Å². The molecule has 1 saturated carbocycles. The average molecular weight is 344 g/mol. The number of nitriles is 1. The third kappa shape index (κ3) is 3.37. The zero-order valence-corrected chi connectivity index (χ0v) is 14.2. The number of hydrogen-bond acceptors (Lipinski definition) is 4. The molecule has 1 aromatic carbocycles. The molecule has 1 aromatic rings. The number of ketones is 1. The molecule has 3 rings (SSSR count). The smallest absolute Gasteiger partial charge is 0.259 e. The monoisotopic (exact) mass is 344 g/mol. The van der Waals surface area contributed by atoms with E-state index in [0.717, 1.165) is 19.3 Å². The number of rotatable bonds is 4. The molecule has 132 valence electrons. The largest absolute Gasteiger partial charge is 0.483 e. The van der Waals surface area contributed by atoms with Gasteiger partial charge in [-0.15, -0.1) is 0 Å². The number of benzene rings is 1. The van der Waals surface area contributed by atoms with Gasteiger partial charge in [0, 0.05) is 12.0 Å². The second kappa shape index (κ2) is 6.83. The van der Waals surface area contributed by atoms with Gasteiger partial charge < -0.3 is 10.1 Å². The maximum atomic E-state index is 14.0. The molecule has 0 aromatic heterocycles. The van der Waals surface area contributed by atoms with Crippen molar-refractivity contribution in [1.82, 2.24) is 5.32 Å². The number of hydrogen-bond donors (Lipinski definition) is 1. The first-order valence-electron chi connectivity index (χ1n) is 8.66. The lowest BCUT2D eigenvalue weighted by atomic mass is 9.83. The second-order valence-electron chi connectivity index (χ2n) is 6.95. The van der Waals surface area contributed by atoms with E-state index in [1.165, 1.54) is 12.1 Å². The number of ether oxygens (including phenoxy) is 1. The molecule has 2 aliphatic carbocycles. The Labute approximate surface area is 146 Å². The summed E-state index contributed by atoms with van der Waals surface area (Å²) in [6, 6.07) is 4.87. The van der Waals surface area contributed by atoms with E-state index < -0.39 is 17.3 Å². The van der Waals surface area contributed by atoms with Crippen LogP contribution < -0.4 is 10.1 Å². The summed E-state index contributed by atoms with van der Waals surface area (Å²) in [5.74, 6) is -0.950. The molecule has 0 bridgehead atoms. The topological polar surface area (TPSA) is 79.2 Å². The van der Waals surface area contributed by atoms with Gasteiger partial charge in [0.05, 0.1) is 11.6 Å². The molecule has 6 heteroatoms. The number of nitrogens with zero attached hydrogens (tertiary/aromatic N) is 1. The summed E-state index contributed by atoms with van der Waals surface area (Å²) in [5.41, 5.74) is -0.218. The summed E-state index contributed by atoms with van der Waals surface area (Å²) in [5, 5.41) is 12.2. The number of nitrogens with one attached hydrogen (secondary N) is 1. The minimum atomic E-state index is -0.826. The van der Waals surface area contributed by atoms with E-state index in [1.54, 1.807) is 6.92 Å². The Balaban J connectivity index is 1.69. The van der Waals surface area contributed by atoms with Crippen molar-refractivity contribution in [3.63, 3.8) is 0 Å². The Kier molecular flexibility index (Phi) is 4.76. The van der Waals surface area contributed by atoms with Crippen molar-refractivity contribution in [3.8, 4) is 11.8 Å². The van der Waals surface area contributed by atoms with Crippen LogP contribution in [0, 0.1) is 17.1 Å². The molecular weight excluding hydrogens is 323 g/mol. The molecule has 0 saturated heterocycles. The first-order chi connectivity index (χ1) is 12.0. The van der Waals surface area contributed by atoms with E-state index in [0.29, 0.717) is 18.4 Å². The molecule has 1 unspecified atom stereocenters. The molecular formula is C19H21FN2O3. The van der Waals surface area contributed by atoms with Crippen LogP contribution in [0.4, 0.5) is 4.39 Å². The average Bonchev–Trinajstić information content (AvgIpc) is 2.91. The highest BCUT2D eigenvalue weighted by atomic mass is 19.1. The van der Waals surface area contributed by atoms with Gasteiger partial charge in [0.15, 0.2) is 12.4 Å². The molecule has 0 aliphatic heterocycles. The second-order valence-corrected chi connectivity index (χ2v) is 6.95. The van der Waals surface area contributed by atoms with Gasteiger partial charge in [-0.2, -0.15) is 5.26 Å². The molecule has 1 atom stereocenters. The molecule has 0 heterocycles. The highest BCUT2D eigenvalue weighted by Crippen LogP contribution is 2.39. The Hall–Kier alpha value is -2.42. The number of halogens is 1. The maximum Gasteiger partial charge on any atom is 0.259 e. The molecule has 25 heavy (non-hydrogen) atoms. The minimum absolute atomic E-state index is 0.168. The summed E-state index contributed by atoms with van der Waals surface area (Å²) in [6.45, 7) is 1.49. The van der Waals surface area contributed by atoms with Crippen molar-refractivity contribution in [2.24, 2.45) is 0 Å². The molecule has 2 aliphatic rings. The third-order valence-electron chi connectivity index (χ3n) is 5.08. The first kappa shape index (κ1) is 17.4. The summed E-state index contributed by atoms with van der Waals surface area (Å²) >= 11 is 0. The van der Waals surface area contributed by atoms with E-state index in [4.69, 9.17) is 4.74 Å². The number of carbonyl (C=O) groups excluding carboxylic acids is 2. The van der Waals surface area contributed by atoms with Crippen molar-refractivity contribution in [2.45, 2.75) is 56.9 Å². The molecule has 0 spiro atoms. The van der Waals surface area contributed by atoms with Crippen molar-refractivity contribution in [2.75, 3.05) is 6.61 Å². The van der Waals surface area contributed by atoms with Gasteiger partial charge in [-0.05, 0) is 30.9 Å². The van der Waals surface area contributed by atoms with Crippen molar-refractivity contribution >= 4 is 11.7 Å². The predicted molar refractivity (Wildman–Crippen MR) is 88.8 cm³/mol. The summed E-state index contributed by atoms with van der Waals surface area (Å²) in [6.07, 6.45) is 4.40. The van der Waals surface area contributed by atoms with Crippen LogP contribution in [0.3, 0.4) is 0 Å². The molecule has 5 nitrogen and oxygen atoms in total.